The summed E-state index contributed by atoms with van der Waals surface area (Å²) in [6, 6.07) is 11.2. The maximum atomic E-state index is 13.0. The summed E-state index contributed by atoms with van der Waals surface area (Å²) in [5, 5.41) is 9.98. The first-order valence-electron chi connectivity index (χ1n) is 8.41. The van der Waals surface area contributed by atoms with Gasteiger partial charge in [0, 0.05) is 36.1 Å². The molecule has 2 heterocycles. The second-order valence-corrected chi connectivity index (χ2v) is 8.35. The minimum Gasteiger partial charge on any atom is -0.497 e. The molecule has 140 valence electrons. The van der Waals surface area contributed by atoms with Gasteiger partial charge in [-0.25, -0.2) is 13.2 Å². The second kappa shape index (κ2) is 6.40. The zero-order chi connectivity index (χ0) is 19.2. The normalized spacial score (nSPS) is 14.9. The maximum absolute atomic E-state index is 13.0. The number of carboxylic acid groups (broad SMARTS) is 1. The molecule has 0 amide bonds. The molecule has 2 aromatic carbocycles. The molecule has 0 spiro atoms. The highest BCUT2D eigenvalue weighted by Gasteiger charge is 2.30. The van der Waals surface area contributed by atoms with Gasteiger partial charge in [-0.15, -0.1) is 0 Å². The number of aromatic nitrogens is 1. The number of fused-ring (bicyclic) bond motifs is 3. The zero-order valence-corrected chi connectivity index (χ0v) is 15.4. The van der Waals surface area contributed by atoms with Gasteiger partial charge in [0.05, 0.1) is 17.6 Å². The lowest BCUT2D eigenvalue weighted by Crippen LogP contribution is -2.35. The van der Waals surface area contributed by atoms with E-state index in [9.17, 15) is 18.3 Å². The molecule has 1 aliphatic heterocycles. The van der Waals surface area contributed by atoms with Crippen LogP contribution < -0.4 is 4.74 Å². The van der Waals surface area contributed by atoms with Crippen LogP contribution in [-0.4, -0.2) is 42.4 Å². The van der Waals surface area contributed by atoms with E-state index in [4.69, 9.17) is 4.74 Å². The van der Waals surface area contributed by atoms with Crippen LogP contribution in [0.3, 0.4) is 0 Å². The molecule has 0 atom stereocenters. The Balaban J connectivity index is 1.71. The average Bonchev–Trinajstić information content (AvgIpc) is 3.05. The quantitative estimate of drug-likeness (QED) is 0.718. The minimum atomic E-state index is -3.66. The summed E-state index contributed by atoms with van der Waals surface area (Å²) in [5.74, 6) is -0.418. The molecule has 0 fully saturated rings. The van der Waals surface area contributed by atoms with Crippen molar-refractivity contribution in [1.29, 1.82) is 0 Å². The number of benzene rings is 2. The summed E-state index contributed by atoms with van der Waals surface area (Å²) in [5.41, 5.74) is 2.78. The van der Waals surface area contributed by atoms with E-state index in [-0.39, 0.29) is 17.0 Å². The van der Waals surface area contributed by atoms with Crippen LogP contribution in [0, 0.1) is 0 Å². The van der Waals surface area contributed by atoms with Crippen molar-refractivity contribution in [2.75, 3.05) is 13.7 Å². The molecule has 27 heavy (non-hydrogen) atoms. The van der Waals surface area contributed by atoms with Gasteiger partial charge in [0.15, 0.2) is 0 Å². The van der Waals surface area contributed by atoms with Gasteiger partial charge in [0.2, 0.25) is 10.0 Å². The lowest BCUT2D eigenvalue weighted by atomic mass is 10.0. The number of rotatable bonds is 4. The highest BCUT2D eigenvalue weighted by atomic mass is 32.2. The summed E-state index contributed by atoms with van der Waals surface area (Å²) < 4.78 is 32.5. The number of carbonyl (C=O) groups is 1. The molecule has 8 heteroatoms. The van der Waals surface area contributed by atoms with Gasteiger partial charge >= 0.3 is 5.97 Å². The molecule has 2 N–H and O–H groups in total. The van der Waals surface area contributed by atoms with Crippen LogP contribution in [-0.2, 0) is 23.0 Å². The predicted octanol–water partition coefficient (Wildman–Crippen LogP) is 2.62. The van der Waals surface area contributed by atoms with Gasteiger partial charge in [0.1, 0.15) is 5.75 Å². The standard InChI is InChI=1S/C19H18N2O5S/c1-26-13-3-5-14(6-4-13)27(24,25)21-9-8-18-16(11-21)15-10-12(19(22)23)2-7-17(15)20-18/h2-7,10,20H,8-9,11H2,1H3,(H,22,23). The molecule has 1 aromatic heterocycles. The van der Waals surface area contributed by atoms with Crippen molar-refractivity contribution in [3.8, 4) is 5.75 Å². The number of aromatic amines is 1. The van der Waals surface area contributed by atoms with Crippen LogP contribution in [0.1, 0.15) is 21.6 Å². The Bertz CT molecular complexity index is 1130. The number of hydrogen-bond acceptors (Lipinski definition) is 4. The van der Waals surface area contributed by atoms with Crippen molar-refractivity contribution in [2.45, 2.75) is 17.9 Å². The number of H-pyrrole nitrogens is 1. The molecular weight excluding hydrogens is 368 g/mol. The fraction of sp³-hybridized carbons (Fsp3) is 0.211. The molecular formula is C19H18N2O5S. The average molecular weight is 386 g/mol. The Labute approximate surface area is 156 Å². The van der Waals surface area contributed by atoms with Gasteiger partial charge in [-0.1, -0.05) is 0 Å². The molecule has 0 aliphatic carbocycles. The van der Waals surface area contributed by atoms with Gasteiger partial charge in [-0.3, -0.25) is 0 Å². The Morgan fingerprint density at radius 3 is 2.59 bits per heavy atom. The molecule has 4 rings (SSSR count). The van der Waals surface area contributed by atoms with Crippen LogP contribution in [0.5, 0.6) is 5.75 Å². The summed E-state index contributed by atoms with van der Waals surface area (Å²) in [7, 11) is -2.13. The van der Waals surface area contributed by atoms with E-state index in [0.29, 0.717) is 18.7 Å². The van der Waals surface area contributed by atoms with E-state index in [1.807, 2.05) is 0 Å². The Hall–Kier alpha value is -2.84. The van der Waals surface area contributed by atoms with E-state index < -0.39 is 16.0 Å². The van der Waals surface area contributed by atoms with E-state index in [0.717, 1.165) is 22.2 Å². The van der Waals surface area contributed by atoms with E-state index in [1.165, 1.54) is 23.5 Å². The predicted molar refractivity (Wildman–Crippen MR) is 99.6 cm³/mol. The van der Waals surface area contributed by atoms with Gasteiger partial charge < -0.3 is 14.8 Å². The topological polar surface area (TPSA) is 99.7 Å². The molecule has 0 bridgehead atoms. The smallest absolute Gasteiger partial charge is 0.335 e. The number of nitrogens with zero attached hydrogens (tertiary/aromatic N) is 1. The van der Waals surface area contributed by atoms with Crippen LogP contribution >= 0.6 is 0 Å². The van der Waals surface area contributed by atoms with Gasteiger partial charge in [-0.05, 0) is 48.0 Å². The number of hydrogen-bond donors (Lipinski definition) is 2. The van der Waals surface area contributed by atoms with Crippen LogP contribution in [0.2, 0.25) is 0 Å². The maximum Gasteiger partial charge on any atom is 0.335 e. The summed E-state index contributed by atoms with van der Waals surface area (Å²) in [4.78, 5) is 14.8. The van der Waals surface area contributed by atoms with E-state index in [2.05, 4.69) is 4.98 Å². The largest absolute Gasteiger partial charge is 0.497 e. The van der Waals surface area contributed by atoms with Crippen molar-refractivity contribution < 1.29 is 23.1 Å². The number of ether oxygens (including phenoxy) is 1. The minimum absolute atomic E-state index is 0.180. The van der Waals surface area contributed by atoms with Gasteiger partial charge in [-0.2, -0.15) is 4.31 Å². The summed E-state index contributed by atoms with van der Waals surface area (Å²) in [6.07, 6.45) is 0.543. The van der Waals surface area contributed by atoms with Crippen LogP contribution in [0.4, 0.5) is 0 Å². The van der Waals surface area contributed by atoms with Gasteiger partial charge in [0.25, 0.3) is 0 Å². The zero-order valence-electron chi connectivity index (χ0n) is 14.6. The lowest BCUT2D eigenvalue weighted by molar-refractivity contribution is 0.0697. The first-order valence-corrected chi connectivity index (χ1v) is 9.85. The third-order valence-corrected chi connectivity index (χ3v) is 6.74. The third-order valence-electron chi connectivity index (χ3n) is 4.88. The lowest BCUT2D eigenvalue weighted by Gasteiger charge is -2.26. The third kappa shape index (κ3) is 2.96. The van der Waals surface area contributed by atoms with Crippen LogP contribution in [0.15, 0.2) is 47.4 Å². The number of nitrogens with one attached hydrogen (secondary N) is 1. The highest BCUT2D eigenvalue weighted by molar-refractivity contribution is 7.89. The molecule has 1 aliphatic rings. The highest BCUT2D eigenvalue weighted by Crippen LogP contribution is 2.31. The van der Waals surface area contributed by atoms with Crippen molar-refractivity contribution in [1.82, 2.24) is 9.29 Å². The Morgan fingerprint density at radius 1 is 1.19 bits per heavy atom. The van der Waals surface area contributed by atoms with Crippen molar-refractivity contribution in [2.24, 2.45) is 0 Å². The molecule has 0 radical (unpaired) electrons. The van der Waals surface area contributed by atoms with E-state index in [1.54, 1.807) is 30.3 Å². The molecule has 3 aromatic rings. The van der Waals surface area contributed by atoms with Crippen LogP contribution in [0.25, 0.3) is 10.9 Å². The molecule has 7 nitrogen and oxygen atoms in total. The number of carboxylic acids is 1. The first kappa shape index (κ1) is 17.6. The molecule has 0 saturated heterocycles. The molecule has 0 saturated carbocycles. The van der Waals surface area contributed by atoms with Crippen molar-refractivity contribution in [3.63, 3.8) is 0 Å². The number of methoxy groups -OCH3 is 1. The summed E-state index contributed by atoms with van der Waals surface area (Å²) >= 11 is 0. The Morgan fingerprint density at radius 2 is 1.93 bits per heavy atom. The first-order chi connectivity index (χ1) is 12.9. The fourth-order valence-corrected chi connectivity index (χ4v) is 4.83. The fourth-order valence-electron chi connectivity index (χ4n) is 3.42. The van der Waals surface area contributed by atoms with E-state index >= 15 is 0 Å². The monoisotopic (exact) mass is 386 g/mol. The molecule has 0 unspecified atom stereocenters. The second-order valence-electron chi connectivity index (χ2n) is 6.41. The van der Waals surface area contributed by atoms with Crippen molar-refractivity contribution >= 4 is 26.9 Å². The van der Waals surface area contributed by atoms with Crippen molar-refractivity contribution in [3.05, 3.63) is 59.3 Å². The summed E-state index contributed by atoms with van der Waals surface area (Å²) in [6.45, 7) is 0.562. The number of sulfonamides is 1. The Kier molecular flexibility index (Phi) is 4.16. The SMILES string of the molecule is COc1ccc(S(=O)(=O)N2CCc3[nH]c4ccc(C(=O)O)cc4c3C2)cc1. The number of aromatic carboxylic acids is 1.